The van der Waals surface area contributed by atoms with Gasteiger partial charge >= 0.3 is 0 Å². The minimum atomic E-state index is -0.128. The maximum Gasteiger partial charge on any atom is 0.251 e. The van der Waals surface area contributed by atoms with Crippen LogP contribution in [0.3, 0.4) is 0 Å². The van der Waals surface area contributed by atoms with Crippen molar-refractivity contribution in [1.82, 2.24) is 15.3 Å². The van der Waals surface area contributed by atoms with Gasteiger partial charge in [0.15, 0.2) is 0 Å². The number of unbranched alkanes of at least 4 members (excludes halogenated alkanes) is 1. The quantitative estimate of drug-likeness (QED) is 0.172. The summed E-state index contributed by atoms with van der Waals surface area (Å²) in [7, 11) is 0. The lowest BCUT2D eigenvalue weighted by Gasteiger charge is -2.16. The van der Waals surface area contributed by atoms with Gasteiger partial charge in [0, 0.05) is 59.5 Å². The van der Waals surface area contributed by atoms with Crippen LogP contribution in [-0.2, 0) is 0 Å². The summed E-state index contributed by atoms with van der Waals surface area (Å²) in [5, 5.41) is 26.3. The number of aliphatic hydroxyl groups excluding tert-OH is 1. The maximum absolute atomic E-state index is 12.4. The number of hydrogen-bond acceptors (Lipinski definition) is 5. The number of pyridine rings is 1. The van der Waals surface area contributed by atoms with Gasteiger partial charge in [-0.1, -0.05) is 30.3 Å². The Morgan fingerprint density at radius 1 is 1.00 bits per heavy atom. The average molecular weight is 516 g/mol. The summed E-state index contributed by atoms with van der Waals surface area (Å²) in [4.78, 5) is 20.0. The van der Waals surface area contributed by atoms with Gasteiger partial charge in [-0.2, -0.15) is 5.26 Å². The molecule has 0 fully saturated rings. The van der Waals surface area contributed by atoms with Crippen molar-refractivity contribution >= 4 is 28.2 Å². The molecule has 2 aromatic heterocycles. The number of fused-ring (bicyclic) bond motifs is 1. The van der Waals surface area contributed by atoms with E-state index in [9.17, 15) is 10.1 Å². The molecule has 194 valence electrons. The molecule has 0 radical (unpaired) electrons. The van der Waals surface area contributed by atoms with Gasteiger partial charge in [-0.25, -0.2) is 0 Å². The molecule has 5 aromatic rings. The lowest BCUT2D eigenvalue weighted by atomic mass is 9.97. The number of nitriles is 1. The molecule has 7 nitrogen and oxygen atoms in total. The Labute approximate surface area is 227 Å². The van der Waals surface area contributed by atoms with Gasteiger partial charge < -0.3 is 20.7 Å². The van der Waals surface area contributed by atoms with E-state index >= 15 is 0 Å². The molecular weight excluding hydrogens is 486 g/mol. The van der Waals surface area contributed by atoms with Gasteiger partial charge in [0.25, 0.3) is 5.91 Å². The molecule has 39 heavy (non-hydrogen) atoms. The minimum Gasteiger partial charge on any atom is -0.396 e. The first-order valence-electron chi connectivity index (χ1n) is 12.9. The van der Waals surface area contributed by atoms with Gasteiger partial charge in [0.2, 0.25) is 0 Å². The van der Waals surface area contributed by atoms with E-state index in [0.717, 1.165) is 50.8 Å². The lowest BCUT2D eigenvalue weighted by molar-refractivity contribution is 0.0952. The molecule has 0 aliphatic rings. The van der Waals surface area contributed by atoms with Crippen LogP contribution in [0.25, 0.3) is 33.2 Å². The van der Waals surface area contributed by atoms with E-state index in [0.29, 0.717) is 29.8 Å². The molecule has 7 heteroatoms. The molecule has 2 heterocycles. The molecule has 0 spiro atoms. The molecule has 0 unspecified atom stereocenters. The van der Waals surface area contributed by atoms with E-state index in [1.807, 2.05) is 66.9 Å². The Hall–Kier alpha value is -4.93. The molecule has 4 N–H and O–H groups in total. The Kier molecular flexibility index (Phi) is 7.67. The second-order valence-electron chi connectivity index (χ2n) is 9.37. The number of aromatic nitrogens is 2. The smallest absolute Gasteiger partial charge is 0.251 e. The Morgan fingerprint density at radius 3 is 2.62 bits per heavy atom. The number of benzene rings is 3. The summed E-state index contributed by atoms with van der Waals surface area (Å²) in [6.07, 6.45) is 6.68. The van der Waals surface area contributed by atoms with Crippen molar-refractivity contribution in [2.45, 2.75) is 19.8 Å². The molecule has 0 bridgehead atoms. The molecule has 0 aliphatic carbocycles. The summed E-state index contributed by atoms with van der Waals surface area (Å²) in [6, 6.07) is 23.9. The van der Waals surface area contributed by atoms with Crippen molar-refractivity contribution in [3.63, 3.8) is 0 Å². The van der Waals surface area contributed by atoms with Crippen molar-refractivity contribution in [3.05, 3.63) is 102 Å². The average Bonchev–Trinajstić information content (AvgIpc) is 3.47. The first-order chi connectivity index (χ1) is 19.1. The molecule has 0 saturated carbocycles. The number of aliphatic hydroxyl groups is 1. The fraction of sp³-hybridized carbons (Fsp3) is 0.156. The Balaban J connectivity index is 1.44. The molecule has 3 aromatic carbocycles. The zero-order valence-electron chi connectivity index (χ0n) is 21.7. The Bertz CT molecular complexity index is 1660. The number of anilines is 2. The van der Waals surface area contributed by atoms with Crippen molar-refractivity contribution in [1.29, 1.82) is 5.26 Å². The van der Waals surface area contributed by atoms with Gasteiger partial charge in [0.1, 0.15) is 6.07 Å². The number of nitrogens with one attached hydrogen (secondary N) is 3. The third-order valence-corrected chi connectivity index (χ3v) is 6.85. The van der Waals surface area contributed by atoms with Crippen LogP contribution in [0.1, 0.15) is 34.3 Å². The van der Waals surface area contributed by atoms with Crippen LogP contribution >= 0.6 is 0 Å². The number of aryl methyl sites for hydroxylation is 1. The summed E-state index contributed by atoms with van der Waals surface area (Å²) in [6.45, 7) is 2.72. The van der Waals surface area contributed by atoms with Crippen LogP contribution in [-0.4, -0.2) is 34.1 Å². The highest BCUT2D eigenvalue weighted by Crippen LogP contribution is 2.36. The van der Waals surface area contributed by atoms with Crippen LogP contribution in [0.2, 0.25) is 0 Å². The predicted molar refractivity (Wildman–Crippen MR) is 155 cm³/mol. The number of amides is 1. The van der Waals surface area contributed by atoms with E-state index in [4.69, 9.17) is 5.11 Å². The van der Waals surface area contributed by atoms with Crippen LogP contribution in [0, 0.1) is 18.3 Å². The highest BCUT2D eigenvalue weighted by molar-refractivity contribution is 5.95. The summed E-state index contributed by atoms with van der Waals surface area (Å²) in [5.74, 6) is -0.128. The lowest BCUT2D eigenvalue weighted by Crippen LogP contribution is -2.24. The van der Waals surface area contributed by atoms with E-state index < -0.39 is 0 Å². The van der Waals surface area contributed by atoms with E-state index in [1.54, 1.807) is 12.4 Å². The molecule has 0 saturated heterocycles. The van der Waals surface area contributed by atoms with Gasteiger partial charge in [-0.3, -0.25) is 9.78 Å². The van der Waals surface area contributed by atoms with Crippen LogP contribution < -0.4 is 10.6 Å². The van der Waals surface area contributed by atoms with Crippen molar-refractivity contribution < 1.29 is 9.90 Å². The minimum absolute atomic E-state index is 0.126. The second kappa shape index (κ2) is 11.6. The zero-order valence-corrected chi connectivity index (χ0v) is 21.7. The third kappa shape index (κ3) is 5.52. The number of rotatable bonds is 9. The zero-order chi connectivity index (χ0) is 27.2. The van der Waals surface area contributed by atoms with Crippen molar-refractivity contribution in [2.75, 3.05) is 18.5 Å². The standard InChI is InChI=1S/C32H29N5O2/c1-21-27-13-15-35-30(27)12-11-29(21)37-31-26(18-33)19-34-20-28(31)25-6-4-5-24(17-25)22-7-9-23(10-8-22)32(39)36-14-2-3-16-38/h4-13,15,17,19-20,35,38H,2-3,14,16H2,1H3,(H,34,37)(H,36,39). The number of H-pyrrole nitrogens is 1. The monoisotopic (exact) mass is 515 g/mol. The summed E-state index contributed by atoms with van der Waals surface area (Å²) in [5.41, 5.74) is 8.53. The largest absolute Gasteiger partial charge is 0.396 e. The molecular formula is C32H29N5O2. The fourth-order valence-corrected chi connectivity index (χ4v) is 4.67. The molecule has 0 aliphatic heterocycles. The molecule has 5 rings (SSSR count). The van der Waals surface area contributed by atoms with E-state index in [1.165, 1.54) is 0 Å². The van der Waals surface area contributed by atoms with Gasteiger partial charge in [-0.15, -0.1) is 0 Å². The van der Waals surface area contributed by atoms with Gasteiger partial charge in [-0.05, 0) is 78.4 Å². The van der Waals surface area contributed by atoms with Crippen molar-refractivity contribution in [3.8, 4) is 28.3 Å². The van der Waals surface area contributed by atoms with Gasteiger partial charge in [0.05, 0.1) is 11.3 Å². The first kappa shape index (κ1) is 25.7. The van der Waals surface area contributed by atoms with Crippen molar-refractivity contribution in [2.24, 2.45) is 0 Å². The van der Waals surface area contributed by atoms with E-state index in [-0.39, 0.29) is 12.5 Å². The number of aromatic amines is 1. The molecule has 1 amide bonds. The Morgan fingerprint density at radius 2 is 1.82 bits per heavy atom. The topological polar surface area (TPSA) is 114 Å². The highest BCUT2D eigenvalue weighted by Gasteiger charge is 2.15. The fourth-order valence-electron chi connectivity index (χ4n) is 4.67. The molecule has 0 atom stereocenters. The third-order valence-electron chi connectivity index (χ3n) is 6.85. The number of nitrogens with zero attached hydrogens (tertiary/aromatic N) is 2. The predicted octanol–water partition coefficient (Wildman–Crippen LogP) is 6.32. The first-order valence-corrected chi connectivity index (χ1v) is 12.9. The SMILES string of the molecule is Cc1c(Nc2c(C#N)cncc2-c2cccc(-c3ccc(C(=O)NCCCCO)cc3)c2)ccc2[nH]ccc12. The number of carbonyl (C=O) groups is 1. The van der Waals surface area contributed by atoms with Crippen LogP contribution in [0.15, 0.2) is 85.3 Å². The summed E-state index contributed by atoms with van der Waals surface area (Å²) < 4.78 is 0. The van der Waals surface area contributed by atoms with E-state index in [2.05, 4.69) is 39.7 Å². The maximum atomic E-state index is 12.4. The number of carbonyl (C=O) groups excluding carboxylic acids is 1. The van der Waals surface area contributed by atoms with Crippen LogP contribution in [0.4, 0.5) is 11.4 Å². The summed E-state index contributed by atoms with van der Waals surface area (Å²) >= 11 is 0. The normalized spacial score (nSPS) is 10.8. The number of hydrogen-bond donors (Lipinski definition) is 4. The van der Waals surface area contributed by atoms with Crippen LogP contribution in [0.5, 0.6) is 0 Å². The second-order valence-corrected chi connectivity index (χ2v) is 9.37. The highest BCUT2D eigenvalue weighted by atomic mass is 16.3.